The maximum Gasteiger partial charge on any atom is 0.160 e. The zero-order chi connectivity index (χ0) is 15.4. The predicted molar refractivity (Wildman–Crippen MR) is 103 cm³/mol. The molecule has 0 unspecified atom stereocenters. The van der Waals surface area contributed by atoms with Crippen LogP contribution in [-0.2, 0) is 0 Å². The zero-order valence-electron chi connectivity index (χ0n) is 14.4. The molecule has 0 bridgehead atoms. The Morgan fingerprint density at radius 2 is 1.79 bits per heavy atom. The lowest BCUT2D eigenvalue weighted by Gasteiger charge is -2.41. The summed E-state index contributed by atoms with van der Waals surface area (Å²) in [5, 5.41) is 13.6. The molecule has 4 nitrogen and oxygen atoms in total. The average Bonchev–Trinajstić information content (AvgIpc) is 2.57. The first-order chi connectivity index (χ1) is 10.8. The number of phenols is 1. The maximum absolute atomic E-state index is 10.2. The molecule has 3 rings (SSSR count). The number of nitrogens with zero attached hydrogens (tertiary/aromatic N) is 1. The molecule has 1 aliphatic carbocycles. The number of piperazine rings is 1. The first kappa shape index (κ1) is 21.4. The van der Waals surface area contributed by atoms with Crippen molar-refractivity contribution < 1.29 is 9.84 Å². The minimum absolute atomic E-state index is 0. The number of phenolic OH excluding ortho intramolecular Hbond substituents is 1. The van der Waals surface area contributed by atoms with Crippen molar-refractivity contribution in [2.75, 3.05) is 33.3 Å². The van der Waals surface area contributed by atoms with Gasteiger partial charge in [0.2, 0.25) is 0 Å². The van der Waals surface area contributed by atoms with Gasteiger partial charge in [0.05, 0.1) is 7.11 Å². The van der Waals surface area contributed by atoms with Crippen LogP contribution in [0.4, 0.5) is 0 Å². The Balaban J connectivity index is 0.00000144. The van der Waals surface area contributed by atoms with Gasteiger partial charge in [-0.2, -0.15) is 0 Å². The summed E-state index contributed by atoms with van der Waals surface area (Å²) in [7, 11) is 1.60. The molecule has 1 saturated carbocycles. The number of nitrogens with one attached hydrogen (secondary N) is 1. The maximum atomic E-state index is 10.2. The van der Waals surface area contributed by atoms with Crippen LogP contribution < -0.4 is 10.1 Å². The molecule has 6 heteroatoms. The van der Waals surface area contributed by atoms with Crippen LogP contribution in [0.2, 0.25) is 0 Å². The van der Waals surface area contributed by atoms with Crippen molar-refractivity contribution in [1.29, 1.82) is 0 Å². The molecule has 0 radical (unpaired) electrons. The van der Waals surface area contributed by atoms with Crippen molar-refractivity contribution in [2.24, 2.45) is 5.92 Å². The van der Waals surface area contributed by atoms with Crippen LogP contribution in [0.1, 0.15) is 43.7 Å². The molecule has 138 valence electrons. The third-order valence-electron chi connectivity index (χ3n) is 5.19. The van der Waals surface area contributed by atoms with Crippen molar-refractivity contribution in [1.82, 2.24) is 10.2 Å². The molecule has 2 fully saturated rings. The van der Waals surface area contributed by atoms with E-state index < -0.39 is 0 Å². The summed E-state index contributed by atoms with van der Waals surface area (Å²) in [6.45, 7) is 4.30. The van der Waals surface area contributed by atoms with E-state index in [1.807, 2.05) is 12.1 Å². The van der Waals surface area contributed by atoms with Gasteiger partial charge in [0.15, 0.2) is 11.5 Å². The molecular weight excluding hydrogens is 347 g/mol. The van der Waals surface area contributed by atoms with Crippen LogP contribution >= 0.6 is 24.8 Å². The molecule has 1 saturated heterocycles. The SMILES string of the molecule is COc1ccc([C@H](C2CCCCC2)N2CCNCC2)cc1O.Cl.Cl. The second kappa shape index (κ2) is 10.3. The minimum Gasteiger partial charge on any atom is -0.504 e. The van der Waals surface area contributed by atoms with Gasteiger partial charge in [0.1, 0.15) is 0 Å². The van der Waals surface area contributed by atoms with Gasteiger partial charge >= 0.3 is 0 Å². The molecule has 0 spiro atoms. The number of hydrogen-bond acceptors (Lipinski definition) is 4. The first-order valence-corrected chi connectivity index (χ1v) is 8.61. The Labute approximate surface area is 157 Å². The van der Waals surface area contributed by atoms with Crippen LogP contribution in [-0.4, -0.2) is 43.3 Å². The lowest BCUT2D eigenvalue weighted by Crippen LogP contribution is -2.47. The molecule has 0 aromatic heterocycles. The summed E-state index contributed by atoms with van der Waals surface area (Å²) in [5.74, 6) is 1.53. The average molecular weight is 377 g/mol. The van der Waals surface area contributed by atoms with Gasteiger partial charge in [-0.25, -0.2) is 0 Å². The Kier molecular flexibility index (Phi) is 9.21. The Morgan fingerprint density at radius 1 is 1.12 bits per heavy atom. The van der Waals surface area contributed by atoms with E-state index >= 15 is 0 Å². The number of methoxy groups -OCH3 is 1. The number of benzene rings is 1. The van der Waals surface area contributed by atoms with E-state index in [0.717, 1.165) is 26.2 Å². The van der Waals surface area contributed by atoms with Crippen molar-refractivity contribution in [3.8, 4) is 11.5 Å². The Bertz CT molecular complexity index is 472. The van der Waals surface area contributed by atoms with Crippen molar-refractivity contribution >= 4 is 24.8 Å². The first-order valence-electron chi connectivity index (χ1n) is 8.61. The van der Waals surface area contributed by atoms with E-state index in [1.54, 1.807) is 7.11 Å². The lowest BCUT2D eigenvalue weighted by atomic mass is 9.80. The smallest absolute Gasteiger partial charge is 0.160 e. The summed E-state index contributed by atoms with van der Waals surface area (Å²) in [6.07, 6.45) is 6.67. The summed E-state index contributed by atoms with van der Waals surface area (Å²) >= 11 is 0. The Hall–Kier alpha value is -0.680. The molecule has 2 aliphatic rings. The van der Waals surface area contributed by atoms with Gasteiger partial charge in [0, 0.05) is 32.2 Å². The number of rotatable bonds is 4. The zero-order valence-corrected chi connectivity index (χ0v) is 16.0. The normalized spacial score (nSPS) is 20.5. The van der Waals surface area contributed by atoms with Crippen molar-refractivity contribution in [2.45, 2.75) is 38.1 Å². The van der Waals surface area contributed by atoms with Gasteiger partial charge in [-0.15, -0.1) is 24.8 Å². The van der Waals surface area contributed by atoms with Crippen LogP contribution in [0.15, 0.2) is 18.2 Å². The van der Waals surface area contributed by atoms with E-state index in [1.165, 1.54) is 37.7 Å². The lowest BCUT2D eigenvalue weighted by molar-refractivity contribution is 0.103. The molecule has 24 heavy (non-hydrogen) atoms. The highest BCUT2D eigenvalue weighted by Crippen LogP contribution is 2.40. The van der Waals surface area contributed by atoms with Crippen LogP contribution in [0.5, 0.6) is 11.5 Å². The van der Waals surface area contributed by atoms with Crippen molar-refractivity contribution in [3.05, 3.63) is 23.8 Å². The van der Waals surface area contributed by atoms with Gasteiger partial charge in [-0.3, -0.25) is 4.90 Å². The highest BCUT2D eigenvalue weighted by atomic mass is 35.5. The van der Waals surface area contributed by atoms with E-state index in [2.05, 4.69) is 16.3 Å². The quantitative estimate of drug-likeness (QED) is 0.839. The highest BCUT2D eigenvalue weighted by molar-refractivity contribution is 5.85. The fourth-order valence-electron chi connectivity index (χ4n) is 4.08. The largest absolute Gasteiger partial charge is 0.504 e. The third kappa shape index (κ3) is 4.92. The van der Waals surface area contributed by atoms with Gasteiger partial charge in [-0.1, -0.05) is 25.3 Å². The van der Waals surface area contributed by atoms with Gasteiger partial charge in [-0.05, 0) is 36.5 Å². The fourth-order valence-corrected chi connectivity index (χ4v) is 4.08. The summed E-state index contributed by atoms with van der Waals surface area (Å²) in [6, 6.07) is 6.39. The van der Waals surface area contributed by atoms with Crippen molar-refractivity contribution in [3.63, 3.8) is 0 Å². The fraction of sp³-hybridized carbons (Fsp3) is 0.667. The number of ether oxygens (including phenoxy) is 1. The van der Waals surface area contributed by atoms with Crippen LogP contribution in [0.3, 0.4) is 0 Å². The summed E-state index contributed by atoms with van der Waals surface area (Å²) < 4.78 is 5.20. The molecule has 1 heterocycles. The minimum atomic E-state index is 0. The third-order valence-corrected chi connectivity index (χ3v) is 5.19. The van der Waals surface area contributed by atoms with Gasteiger partial charge < -0.3 is 15.2 Å². The molecule has 0 amide bonds. The Morgan fingerprint density at radius 3 is 2.38 bits per heavy atom. The topological polar surface area (TPSA) is 44.7 Å². The summed E-state index contributed by atoms with van der Waals surface area (Å²) in [4.78, 5) is 2.60. The molecule has 1 aromatic carbocycles. The molecule has 1 aliphatic heterocycles. The highest BCUT2D eigenvalue weighted by Gasteiger charge is 2.31. The van der Waals surface area contributed by atoms with Crippen LogP contribution in [0.25, 0.3) is 0 Å². The second-order valence-electron chi connectivity index (χ2n) is 6.56. The predicted octanol–water partition coefficient (Wildman–Crippen LogP) is 3.77. The van der Waals surface area contributed by atoms with E-state index in [0.29, 0.717) is 17.7 Å². The standard InChI is InChI=1S/C18H28N2O2.2ClH/c1-22-17-8-7-15(13-16(17)21)18(14-5-3-2-4-6-14)20-11-9-19-10-12-20;;/h7-8,13-14,18-19,21H,2-6,9-12H2,1H3;2*1H/t18-;;/m0../s1. The van der Waals surface area contributed by atoms with E-state index in [9.17, 15) is 5.11 Å². The number of aromatic hydroxyl groups is 1. The summed E-state index contributed by atoms with van der Waals surface area (Å²) in [5.41, 5.74) is 1.24. The number of halogens is 2. The van der Waals surface area contributed by atoms with Crippen LogP contribution in [0, 0.1) is 5.92 Å². The van der Waals surface area contributed by atoms with E-state index in [4.69, 9.17) is 4.74 Å². The monoisotopic (exact) mass is 376 g/mol. The molecular formula is C18H30Cl2N2O2. The van der Waals surface area contributed by atoms with E-state index in [-0.39, 0.29) is 30.6 Å². The molecule has 2 N–H and O–H groups in total. The number of hydrogen-bond donors (Lipinski definition) is 2. The molecule has 1 atom stereocenters. The van der Waals surface area contributed by atoms with Gasteiger partial charge in [0.25, 0.3) is 0 Å². The second-order valence-corrected chi connectivity index (χ2v) is 6.56. The molecule has 1 aromatic rings.